The molecule has 3 aromatic rings. The Balaban J connectivity index is 1.72. The highest BCUT2D eigenvalue weighted by Gasteiger charge is 2.26. The first kappa shape index (κ1) is 24.7. The number of thiophene rings is 1. The van der Waals surface area contributed by atoms with Crippen LogP contribution in [0.4, 0.5) is 5.00 Å². The van der Waals surface area contributed by atoms with Crippen molar-refractivity contribution in [1.29, 1.82) is 0 Å². The van der Waals surface area contributed by atoms with Gasteiger partial charge in [-0.1, -0.05) is 30.3 Å². The number of amides is 2. The Morgan fingerprint density at radius 2 is 1.76 bits per heavy atom. The molecule has 4 N–H and O–H groups in total. The summed E-state index contributed by atoms with van der Waals surface area (Å²) < 4.78 is 15.0. The summed E-state index contributed by atoms with van der Waals surface area (Å²) in [5.41, 5.74) is 5.49. The lowest BCUT2D eigenvalue weighted by molar-refractivity contribution is -0.119. The van der Waals surface area contributed by atoms with Gasteiger partial charge in [-0.05, 0) is 23.9 Å². The minimum atomic E-state index is -0.905. The molecule has 0 aliphatic carbocycles. The number of hydrogen-bond donors (Lipinski definition) is 3. The third-order valence-corrected chi connectivity index (χ3v) is 6.02. The summed E-state index contributed by atoms with van der Waals surface area (Å²) in [6.45, 7) is 0.932. The van der Waals surface area contributed by atoms with E-state index in [0.717, 1.165) is 16.7 Å². The zero-order valence-electron chi connectivity index (χ0n) is 18.4. The summed E-state index contributed by atoms with van der Waals surface area (Å²) in [7, 11) is 1.44. The summed E-state index contributed by atoms with van der Waals surface area (Å²) in [5.74, 6) is -3.47. The number of carbonyl (C=O) groups excluding carboxylic acids is 4. The van der Waals surface area contributed by atoms with Crippen molar-refractivity contribution in [2.75, 3.05) is 32.2 Å². The lowest BCUT2D eigenvalue weighted by Gasteiger charge is -2.10. The molecular weight excluding hydrogens is 464 g/mol. The Bertz CT molecular complexity index is 1270. The molecule has 2 aromatic carbocycles. The Morgan fingerprint density at radius 3 is 2.47 bits per heavy atom. The van der Waals surface area contributed by atoms with Crippen molar-refractivity contribution in [2.24, 2.45) is 5.73 Å². The summed E-state index contributed by atoms with van der Waals surface area (Å²) >= 11 is 0.806. The van der Waals surface area contributed by atoms with E-state index in [-0.39, 0.29) is 45.5 Å². The normalized spacial score (nSPS) is 10.6. The number of fused-ring (bicyclic) bond motifs is 1. The molecule has 178 valence electrons. The van der Waals surface area contributed by atoms with Crippen molar-refractivity contribution in [2.45, 2.75) is 6.92 Å². The second kappa shape index (κ2) is 10.8. The predicted octanol–water partition coefficient (Wildman–Crippen LogP) is 2.61. The molecule has 1 aromatic heterocycles. The number of benzene rings is 2. The Morgan fingerprint density at radius 1 is 1.03 bits per heavy atom. The van der Waals surface area contributed by atoms with Crippen molar-refractivity contribution in [3.8, 4) is 5.75 Å². The number of anilines is 1. The third-order valence-electron chi connectivity index (χ3n) is 4.80. The van der Waals surface area contributed by atoms with E-state index in [4.69, 9.17) is 19.9 Å². The largest absolute Gasteiger partial charge is 0.506 e. The third kappa shape index (κ3) is 5.33. The van der Waals surface area contributed by atoms with Crippen molar-refractivity contribution in [1.82, 2.24) is 0 Å². The molecule has 0 atom stereocenters. The van der Waals surface area contributed by atoms with Gasteiger partial charge in [0.25, 0.3) is 11.8 Å². The lowest BCUT2D eigenvalue weighted by atomic mass is 10.1. The highest BCUT2D eigenvalue weighted by molar-refractivity contribution is 7.18. The van der Waals surface area contributed by atoms with Crippen LogP contribution in [0, 0.1) is 6.92 Å². The van der Waals surface area contributed by atoms with Gasteiger partial charge in [0, 0.05) is 12.5 Å². The first-order valence-corrected chi connectivity index (χ1v) is 10.8. The van der Waals surface area contributed by atoms with Gasteiger partial charge in [-0.15, -0.1) is 11.3 Å². The minimum Gasteiger partial charge on any atom is -0.506 e. The number of phenolic OH excluding ortho intramolecular Hbond substituents is 1. The monoisotopic (exact) mass is 486 g/mol. The molecular formula is C23H22N2O8S. The molecule has 34 heavy (non-hydrogen) atoms. The molecule has 0 bridgehead atoms. The van der Waals surface area contributed by atoms with Crippen molar-refractivity contribution < 1.29 is 38.5 Å². The molecule has 0 unspecified atom stereocenters. The summed E-state index contributed by atoms with van der Waals surface area (Å²) in [4.78, 5) is 49.1. The van der Waals surface area contributed by atoms with Gasteiger partial charge < -0.3 is 30.4 Å². The van der Waals surface area contributed by atoms with Gasteiger partial charge in [0.05, 0.1) is 17.0 Å². The first-order chi connectivity index (χ1) is 16.2. The molecule has 0 spiro atoms. The van der Waals surface area contributed by atoms with Gasteiger partial charge in [-0.25, -0.2) is 9.59 Å². The summed E-state index contributed by atoms with van der Waals surface area (Å²) in [6, 6.07) is 9.98. The van der Waals surface area contributed by atoms with Gasteiger partial charge in [-0.2, -0.15) is 0 Å². The van der Waals surface area contributed by atoms with E-state index in [1.54, 1.807) is 30.3 Å². The van der Waals surface area contributed by atoms with Crippen LogP contribution in [-0.4, -0.2) is 55.8 Å². The maximum atomic E-state index is 12.5. The zero-order valence-corrected chi connectivity index (χ0v) is 19.2. The van der Waals surface area contributed by atoms with E-state index in [9.17, 15) is 24.3 Å². The summed E-state index contributed by atoms with van der Waals surface area (Å²) in [5, 5.41) is 14.1. The number of phenols is 1. The molecule has 3 rings (SSSR count). The number of nitrogens with two attached hydrogens (primary N) is 1. The van der Waals surface area contributed by atoms with Crippen LogP contribution >= 0.6 is 11.3 Å². The van der Waals surface area contributed by atoms with Gasteiger partial charge in [0.2, 0.25) is 0 Å². The summed E-state index contributed by atoms with van der Waals surface area (Å²) in [6.07, 6.45) is 0. The molecule has 11 heteroatoms. The quantitative estimate of drug-likeness (QED) is 0.308. The van der Waals surface area contributed by atoms with Crippen LogP contribution in [0.25, 0.3) is 10.8 Å². The van der Waals surface area contributed by atoms with Crippen molar-refractivity contribution in [3.63, 3.8) is 0 Å². The Kier molecular flexibility index (Phi) is 7.82. The molecule has 2 amide bonds. The van der Waals surface area contributed by atoms with Crippen LogP contribution in [0.2, 0.25) is 0 Å². The molecule has 0 aliphatic rings. The molecule has 0 radical (unpaired) electrons. The maximum Gasteiger partial charge on any atom is 0.342 e. The van der Waals surface area contributed by atoms with Crippen LogP contribution in [0.15, 0.2) is 36.4 Å². The lowest BCUT2D eigenvalue weighted by Crippen LogP contribution is -2.22. The second-order valence-corrected chi connectivity index (χ2v) is 8.08. The molecule has 0 saturated heterocycles. The Labute approximate surface area is 198 Å². The van der Waals surface area contributed by atoms with E-state index in [1.165, 1.54) is 20.1 Å². The number of ether oxygens (including phenoxy) is 3. The maximum absolute atomic E-state index is 12.5. The molecule has 0 fully saturated rings. The van der Waals surface area contributed by atoms with E-state index in [2.05, 4.69) is 5.32 Å². The SMILES string of the molecule is COCCOC(=O)c1c(NC(=O)COC(=O)c2ccc3ccccc3c2O)sc(C(N)=O)c1C. The number of hydrogen-bond acceptors (Lipinski definition) is 9. The minimum absolute atomic E-state index is 0.0262. The van der Waals surface area contributed by atoms with E-state index in [0.29, 0.717) is 5.39 Å². The van der Waals surface area contributed by atoms with E-state index < -0.39 is 30.4 Å². The number of nitrogens with one attached hydrogen (secondary N) is 1. The zero-order chi connectivity index (χ0) is 24.8. The Hall–Kier alpha value is -3.96. The van der Waals surface area contributed by atoms with Crippen molar-refractivity contribution in [3.05, 3.63) is 58.0 Å². The van der Waals surface area contributed by atoms with Crippen LogP contribution in [0.3, 0.4) is 0 Å². The average molecular weight is 487 g/mol. The fourth-order valence-corrected chi connectivity index (χ4v) is 4.23. The topological polar surface area (TPSA) is 154 Å². The number of rotatable bonds is 9. The molecule has 0 aliphatic heterocycles. The van der Waals surface area contributed by atoms with Gasteiger partial charge in [-0.3, -0.25) is 9.59 Å². The number of methoxy groups -OCH3 is 1. The number of carbonyl (C=O) groups is 4. The molecule has 1 heterocycles. The van der Waals surface area contributed by atoms with E-state index in [1.807, 2.05) is 0 Å². The number of primary amides is 1. The standard InChI is InChI=1S/C23H22N2O8S/c1-12-17(23(30)32-10-9-31-2)21(34-19(12)20(24)28)25-16(26)11-33-22(29)15-8-7-13-5-3-4-6-14(13)18(15)27/h3-8,27H,9-11H2,1-2H3,(H2,24,28)(H,25,26). The van der Waals surface area contributed by atoms with Crippen LogP contribution < -0.4 is 11.1 Å². The number of aromatic hydroxyl groups is 1. The van der Waals surface area contributed by atoms with Crippen LogP contribution in [0.5, 0.6) is 5.75 Å². The number of esters is 2. The smallest absolute Gasteiger partial charge is 0.342 e. The highest BCUT2D eigenvalue weighted by atomic mass is 32.1. The van der Waals surface area contributed by atoms with Gasteiger partial charge in [0.15, 0.2) is 6.61 Å². The van der Waals surface area contributed by atoms with Gasteiger partial charge in [0.1, 0.15) is 22.9 Å². The average Bonchev–Trinajstić information content (AvgIpc) is 3.14. The van der Waals surface area contributed by atoms with Crippen molar-refractivity contribution >= 4 is 50.9 Å². The first-order valence-electron chi connectivity index (χ1n) is 10.0. The highest BCUT2D eigenvalue weighted by Crippen LogP contribution is 2.33. The van der Waals surface area contributed by atoms with Crippen LogP contribution in [0.1, 0.15) is 36.0 Å². The second-order valence-electron chi connectivity index (χ2n) is 7.06. The van der Waals surface area contributed by atoms with E-state index >= 15 is 0 Å². The fraction of sp³-hybridized carbons (Fsp3) is 0.217. The van der Waals surface area contributed by atoms with Gasteiger partial charge >= 0.3 is 11.9 Å². The molecule has 0 saturated carbocycles. The predicted molar refractivity (Wildman–Crippen MR) is 124 cm³/mol. The van der Waals surface area contributed by atoms with Crippen LogP contribution in [-0.2, 0) is 19.0 Å². The molecule has 10 nitrogen and oxygen atoms in total. The fourth-order valence-electron chi connectivity index (χ4n) is 3.16.